The van der Waals surface area contributed by atoms with Gasteiger partial charge in [0.1, 0.15) is 11.5 Å². The number of hydrogen-bond donors (Lipinski definition) is 2. The van der Waals surface area contributed by atoms with Gasteiger partial charge in [0.2, 0.25) is 11.8 Å². The van der Waals surface area contributed by atoms with Crippen LogP contribution in [0.3, 0.4) is 0 Å². The first-order valence-corrected chi connectivity index (χ1v) is 10.2. The molecule has 29 heavy (non-hydrogen) atoms. The van der Waals surface area contributed by atoms with Crippen molar-refractivity contribution in [2.75, 3.05) is 18.4 Å². The number of nitrogens with one attached hydrogen (secondary N) is 1. The summed E-state index contributed by atoms with van der Waals surface area (Å²) < 4.78 is 5.78. The minimum Gasteiger partial charge on any atom is -0.457 e. The van der Waals surface area contributed by atoms with Crippen LogP contribution in [0, 0.1) is 5.92 Å². The highest BCUT2D eigenvalue weighted by atomic mass is 16.5. The van der Waals surface area contributed by atoms with Gasteiger partial charge in [-0.25, -0.2) is 0 Å². The number of nitrogens with two attached hydrogens (primary N) is 1. The Hall–Kier alpha value is -2.86. The smallest absolute Gasteiger partial charge is 0.241 e. The lowest BCUT2D eigenvalue weighted by atomic mass is 9.92. The molecule has 0 bridgehead atoms. The van der Waals surface area contributed by atoms with Gasteiger partial charge in [-0.3, -0.25) is 14.5 Å². The van der Waals surface area contributed by atoms with Crippen LogP contribution in [0.15, 0.2) is 54.6 Å². The standard InChI is InChI=1S/C23H29N3O3/c1-17(26-15-5-6-18(16-26)9-14-22(24)27)23(28)25-19-10-12-21(13-11-19)29-20-7-3-2-4-8-20/h2-4,7-8,10-13,17-18H,5-6,9,14-16H2,1H3,(H2,24,27)(H,25,28). The molecule has 2 unspecified atom stereocenters. The van der Waals surface area contributed by atoms with Crippen molar-refractivity contribution in [1.29, 1.82) is 0 Å². The van der Waals surface area contributed by atoms with E-state index in [0.29, 0.717) is 12.3 Å². The predicted molar refractivity (Wildman–Crippen MR) is 114 cm³/mol. The Kier molecular flexibility index (Phi) is 7.25. The third-order valence-electron chi connectivity index (χ3n) is 5.38. The van der Waals surface area contributed by atoms with Crippen molar-refractivity contribution in [2.24, 2.45) is 11.7 Å². The number of para-hydroxylation sites is 1. The van der Waals surface area contributed by atoms with E-state index in [2.05, 4.69) is 10.2 Å². The first kappa shape index (κ1) is 20.9. The van der Waals surface area contributed by atoms with Crippen LogP contribution >= 0.6 is 0 Å². The third-order valence-corrected chi connectivity index (χ3v) is 5.38. The van der Waals surface area contributed by atoms with Gasteiger partial charge in [-0.1, -0.05) is 18.2 Å². The molecular weight excluding hydrogens is 366 g/mol. The summed E-state index contributed by atoms with van der Waals surface area (Å²) in [5.41, 5.74) is 6.01. The van der Waals surface area contributed by atoms with Gasteiger partial charge in [-0.2, -0.15) is 0 Å². The number of anilines is 1. The van der Waals surface area contributed by atoms with Crippen LogP contribution in [0.5, 0.6) is 11.5 Å². The second-order valence-corrected chi connectivity index (χ2v) is 7.61. The molecule has 3 N–H and O–H groups in total. The Morgan fingerprint density at radius 1 is 1.14 bits per heavy atom. The third kappa shape index (κ3) is 6.32. The number of ether oxygens (including phenoxy) is 1. The van der Waals surface area contributed by atoms with Crippen molar-refractivity contribution < 1.29 is 14.3 Å². The van der Waals surface area contributed by atoms with E-state index < -0.39 is 0 Å². The highest BCUT2D eigenvalue weighted by molar-refractivity contribution is 5.94. The highest BCUT2D eigenvalue weighted by Crippen LogP contribution is 2.24. The molecule has 2 aromatic rings. The summed E-state index contributed by atoms with van der Waals surface area (Å²) in [6, 6.07) is 16.7. The second kappa shape index (κ2) is 10.1. The lowest BCUT2D eigenvalue weighted by Gasteiger charge is -2.36. The number of carbonyl (C=O) groups excluding carboxylic acids is 2. The Morgan fingerprint density at radius 3 is 2.52 bits per heavy atom. The first-order valence-electron chi connectivity index (χ1n) is 10.2. The molecular formula is C23H29N3O3. The normalized spacial score (nSPS) is 18.0. The lowest BCUT2D eigenvalue weighted by Crippen LogP contribution is -2.47. The van der Waals surface area contributed by atoms with E-state index in [-0.39, 0.29) is 17.9 Å². The lowest BCUT2D eigenvalue weighted by molar-refractivity contribution is -0.122. The molecule has 1 aliphatic heterocycles. The Morgan fingerprint density at radius 2 is 1.83 bits per heavy atom. The van der Waals surface area contributed by atoms with Crippen LogP contribution in [0.2, 0.25) is 0 Å². The molecule has 0 radical (unpaired) electrons. The van der Waals surface area contributed by atoms with Gasteiger partial charge >= 0.3 is 0 Å². The van der Waals surface area contributed by atoms with Crippen LogP contribution in [-0.4, -0.2) is 35.8 Å². The second-order valence-electron chi connectivity index (χ2n) is 7.61. The predicted octanol–water partition coefficient (Wildman–Crippen LogP) is 3.78. The average Bonchev–Trinajstić information content (AvgIpc) is 2.74. The largest absolute Gasteiger partial charge is 0.457 e. The van der Waals surface area contributed by atoms with Crippen LogP contribution in [-0.2, 0) is 9.59 Å². The summed E-state index contributed by atoms with van der Waals surface area (Å²) in [7, 11) is 0. The van der Waals surface area contributed by atoms with Crippen LogP contribution in [0.25, 0.3) is 0 Å². The molecule has 0 aromatic heterocycles. The van der Waals surface area contributed by atoms with E-state index in [1.54, 1.807) is 0 Å². The summed E-state index contributed by atoms with van der Waals surface area (Å²) >= 11 is 0. The molecule has 1 fully saturated rings. The fourth-order valence-electron chi connectivity index (χ4n) is 3.67. The topological polar surface area (TPSA) is 84.7 Å². The maximum atomic E-state index is 12.7. The van der Waals surface area contributed by atoms with Gasteiger partial charge in [0.25, 0.3) is 0 Å². The van der Waals surface area contributed by atoms with Crippen molar-refractivity contribution in [3.05, 3.63) is 54.6 Å². The number of piperidine rings is 1. The van der Waals surface area contributed by atoms with Gasteiger partial charge in [0.15, 0.2) is 0 Å². The number of carbonyl (C=O) groups is 2. The first-order chi connectivity index (χ1) is 14.0. The minimum absolute atomic E-state index is 0.0303. The van der Waals surface area contributed by atoms with E-state index in [1.165, 1.54) is 0 Å². The molecule has 2 atom stereocenters. The quantitative estimate of drug-likeness (QED) is 0.712. The van der Waals surface area contributed by atoms with Gasteiger partial charge in [-0.05, 0) is 75.0 Å². The van der Waals surface area contributed by atoms with E-state index in [1.807, 2.05) is 61.5 Å². The zero-order chi connectivity index (χ0) is 20.6. The van der Waals surface area contributed by atoms with Crippen LogP contribution in [0.1, 0.15) is 32.6 Å². The zero-order valence-electron chi connectivity index (χ0n) is 16.8. The van der Waals surface area contributed by atoms with Crippen LogP contribution in [0.4, 0.5) is 5.69 Å². The van der Waals surface area contributed by atoms with Gasteiger partial charge in [0, 0.05) is 18.7 Å². The van der Waals surface area contributed by atoms with Crippen LogP contribution < -0.4 is 15.8 Å². The molecule has 0 spiro atoms. The molecule has 0 aliphatic carbocycles. The summed E-state index contributed by atoms with van der Waals surface area (Å²) in [6.45, 7) is 3.65. The molecule has 3 rings (SSSR count). The molecule has 154 valence electrons. The summed E-state index contributed by atoms with van der Waals surface area (Å²) in [6.07, 6.45) is 3.33. The summed E-state index contributed by atoms with van der Waals surface area (Å²) in [4.78, 5) is 25.9. The minimum atomic E-state index is -0.257. The summed E-state index contributed by atoms with van der Waals surface area (Å²) in [5, 5.41) is 2.98. The number of hydrogen-bond acceptors (Lipinski definition) is 4. The van der Waals surface area contributed by atoms with E-state index in [4.69, 9.17) is 10.5 Å². The SMILES string of the molecule is CC(C(=O)Nc1ccc(Oc2ccccc2)cc1)N1CCCC(CCC(N)=O)C1. The number of amides is 2. The fraction of sp³-hybridized carbons (Fsp3) is 0.391. The Bertz CT molecular complexity index is 808. The number of likely N-dealkylation sites (tertiary alicyclic amines) is 1. The summed E-state index contributed by atoms with van der Waals surface area (Å²) in [5.74, 6) is 1.62. The number of rotatable bonds is 8. The van der Waals surface area contributed by atoms with E-state index >= 15 is 0 Å². The fourth-order valence-corrected chi connectivity index (χ4v) is 3.67. The number of primary amides is 1. The van der Waals surface area contributed by atoms with E-state index in [9.17, 15) is 9.59 Å². The monoisotopic (exact) mass is 395 g/mol. The molecule has 2 amide bonds. The van der Waals surface area contributed by atoms with Crippen molar-refractivity contribution >= 4 is 17.5 Å². The maximum Gasteiger partial charge on any atom is 0.241 e. The van der Waals surface area contributed by atoms with Gasteiger partial charge in [0.05, 0.1) is 6.04 Å². The maximum absolute atomic E-state index is 12.7. The average molecular weight is 396 g/mol. The van der Waals surface area contributed by atoms with Gasteiger partial charge < -0.3 is 15.8 Å². The number of nitrogens with zero attached hydrogens (tertiary/aromatic N) is 1. The highest BCUT2D eigenvalue weighted by Gasteiger charge is 2.27. The van der Waals surface area contributed by atoms with Crippen molar-refractivity contribution in [1.82, 2.24) is 4.90 Å². The van der Waals surface area contributed by atoms with E-state index in [0.717, 1.165) is 49.5 Å². The Balaban J connectivity index is 1.51. The molecule has 1 heterocycles. The van der Waals surface area contributed by atoms with Crippen molar-refractivity contribution in [3.8, 4) is 11.5 Å². The van der Waals surface area contributed by atoms with Crippen molar-refractivity contribution in [3.63, 3.8) is 0 Å². The molecule has 6 heteroatoms. The van der Waals surface area contributed by atoms with Gasteiger partial charge in [-0.15, -0.1) is 0 Å². The molecule has 2 aromatic carbocycles. The molecule has 6 nitrogen and oxygen atoms in total. The van der Waals surface area contributed by atoms with Crippen molar-refractivity contribution in [2.45, 2.75) is 38.6 Å². The molecule has 1 aliphatic rings. The molecule has 0 saturated carbocycles. The Labute approximate surface area is 172 Å². The number of benzene rings is 2. The zero-order valence-corrected chi connectivity index (χ0v) is 16.8. The molecule has 1 saturated heterocycles.